The van der Waals surface area contributed by atoms with Gasteiger partial charge in [-0.1, -0.05) is 35.3 Å². The van der Waals surface area contributed by atoms with Crippen LogP contribution in [0, 0.1) is 0 Å². The number of rotatable bonds is 12. The Kier molecular flexibility index (Phi) is 10.5. The number of hydrogen-bond donors (Lipinski definition) is 2. The number of ether oxygens (including phenoxy) is 2. The highest BCUT2D eigenvalue weighted by molar-refractivity contribution is 6.35. The molecule has 9 nitrogen and oxygen atoms in total. The van der Waals surface area contributed by atoms with E-state index in [0.717, 1.165) is 0 Å². The van der Waals surface area contributed by atoms with E-state index in [2.05, 4.69) is 15.8 Å². The van der Waals surface area contributed by atoms with E-state index in [0.29, 0.717) is 44.9 Å². The summed E-state index contributed by atoms with van der Waals surface area (Å²) < 4.78 is 16.2. The summed E-state index contributed by atoms with van der Waals surface area (Å²) in [5.41, 5.74) is 3.43. The third kappa shape index (κ3) is 8.96. The largest absolute Gasteiger partial charge is 0.492 e. The molecule has 194 valence electrons. The highest BCUT2D eigenvalue weighted by Gasteiger charge is 2.10. The van der Waals surface area contributed by atoms with E-state index in [-0.39, 0.29) is 32.1 Å². The molecule has 0 atom stereocenters. The van der Waals surface area contributed by atoms with Crippen molar-refractivity contribution in [3.05, 3.63) is 76.0 Å². The summed E-state index contributed by atoms with van der Waals surface area (Å²) in [5.74, 6) is 0.185. The van der Waals surface area contributed by atoms with Gasteiger partial charge in [0.2, 0.25) is 5.91 Å². The monoisotopic (exact) mass is 545 g/mol. The maximum absolute atomic E-state index is 11.9. The molecule has 1 aromatic heterocycles. The van der Waals surface area contributed by atoms with E-state index in [9.17, 15) is 14.4 Å². The van der Waals surface area contributed by atoms with Crippen molar-refractivity contribution in [2.45, 2.75) is 19.8 Å². The van der Waals surface area contributed by atoms with Crippen LogP contribution < -0.4 is 15.5 Å². The maximum atomic E-state index is 11.9. The zero-order chi connectivity index (χ0) is 26.6. The van der Waals surface area contributed by atoms with E-state index >= 15 is 0 Å². The Morgan fingerprint density at radius 2 is 1.89 bits per heavy atom. The third-order valence-electron chi connectivity index (χ3n) is 4.81. The molecule has 2 amide bonds. The van der Waals surface area contributed by atoms with Gasteiger partial charge in [-0.3, -0.25) is 9.59 Å². The zero-order valence-electron chi connectivity index (χ0n) is 20.0. The average molecular weight is 546 g/mol. The molecule has 0 saturated heterocycles. The number of amides is 2. The van der Waals surface area contributed by atoms with Gasteiger partial charge < -0.3 is 19.2 Å². The second-order valence-corrected chi connectivity index (χ2v) is 8.44. The minimum Gasteiger partial charge on any atom is -0.492 e. The standard InChI is InChI=1S/C26H25Cl2N3O6/c1-2-35-26(34)18-6-3-5-17(13-18)22-11-9-20(37-22)15-30-31-25(33)16-29-24(32)7-4-12-36-23-10-8-19(27)14-21(23)28/h3,5-6,8-11,13-15H,2,4,7,12,16H2,1H3,(H,29,32)(H,31,33)/b30-15-. The number of nitrogens with one attached hydrogen (secondary N) is 2. The van der Waals surface area contributed by atoms with Gasteiger partial charge in [-0.25, -0.2) is 10.2 Å². The van der Waals surface area contributed by atoms with E-state index < -0.39 is 11.9 Å². The van der Waals surface area contributed by atoms with Crippen LogP contribution >= 0.6 is 23.2 Å². The normalized spacial score (nSPS) is 10.8. The minimum atomic E-state index is -0.497. The molecule has 3 aromatic rings. The van der Waals surface area contributed by atoms with Crippen molar-refractivity contribution in [3.63, 3.8) is 0 Å². The van der Waals surface area contributed by atoms with E-state index in [1.165, 1.54) is 6.21 Å². The number of furan rings is 1. The van der Waals surface area contributed by atoms with Crippen molar-refractivity contribution < 1.29 is 28.3 Å². The Hall–Kier alpha value is -3.82. The van der Waals surface area contributed by atoms with Crippen LogP contribution in [0.25, 0.3) is 11.3 Å². The molecule has 0 saturated carbocycles. The second-order valence-electron chi connectivity index (χ2n) is 7.60. The third-order valence-corrected chi connectivity index (χ3v) is 5.34. The lowest BCUT2D eigenvalue weighted by Gasteiger charge is -2.08. The van der Waals surface area contributed by atoms with Crippen LogP contribution in [0.2, 0.25) is 10.0 Å². The van der Waals surface area contributed by atoms with Crippen LogP contribution in [0.4, 0.5) is 0 Å². The number of carbonyl (C=O) groups is 3. The van der Waals surface area contributed by atoms with Crippen LogP contribution in [0.1, 0.15) is 35.9 Å². The molecule has 2 N–H and O–H groups in total. The predicted octanol–water partition coefficient (Wildman–Crippen LogP) is 4.86. The van der Waals surface area contributed by atoms with E-state index in [1.807, 2.05) is 0 Å². The fourth-order valence-electron chi connectivity index (χ4n) is 3.07. The van der Waals surface area contributed by atoms with Gasteiger partial charge in [-0.15, -0.1) is 0 Å². The van der Waals surface area contributed by atoms with E-state index in [4.69, 9.17) is 37.1 Å². The minimum absolute atomic E-state index is 0.175. The van der Waals surface area contributed by atoms with Gasteiger partial charge in [0.15, 0.2) is 0 Å². The van der Waals surface area contributed by atoms with Gasteiger partial charge in [0.1, 0.15) is 17.3 Å². The van der Waals surface area contributed by atoms with Gasteiger partial charge in [0.05, 0.1) is 36.6 Å². The molecule has 37 heavy (non-hydrogen) atoms. The van der Waals surface area contributed by atoms with Crippen molar-refractivity contribution in [1.29, 1.82) is 0 Å². The highest BCUT2D eigenvalue weighted by Crippen LogP contribution is 2.27. The number of carbonyl (C=O) groups excluding carboxylic acids is 3. The number of benzene rings is 2. The molecule has 3 rings (SSSR count). The first kappa shape index (κ1) is 27.8. The molecule has 0 aliphatic carbocycles. The number of nitrogens with zero attached hydrogens (tertiary/aromatic N) is 1. The molecular formula is C26H25Cl2N3O6. The predicted molar refractivity (Wildman–Crippen MR) is 140 cm³/mol. The van der Waals surface area contributed by atoms with Gasteiger partial charge >= 0.3 is 5.97 Å². The van der Waals surface area contributed by atoms with Crippen molar-refractivity contribution in [2.75, 3.05) is 19.8 Å². The summed E-state index contributed by atoms with van der Waals surface area (Å²) in [6.07, 6.45) is 1.94. The summed E-state index contributed by atoms with van der Waals surface area (Å²) in [5, 5.41) is 7.24. The van der Waals surface area contributed by atoms with Crippen LogP contribution in [-0.4, -0.2) is 43.8 Å². The van der Waals surface area contributed by atoms with Gasteiger partial charge in [-0.05, 0) is 55.8 Å². The first-order valence-corrected chi connectivity index (χ1v) is 12.1. The Bertz CT molecular complexity index is 1270. The molecule has 1 heterocycles. The maximum Gasteiger partial charge on any atom is 0.338 e. The number of hydrogen-bond acceptors (Lipinski definition) is 7. The lowest BCUT2D eigenvalue weighted by atomic mass is 10.1. The van der Waals surface area contributed by atoms with Crippen molar-refractivity contribution in [1.82, 2.24) is 10.7 Å². The SMILES string of the molecule is CCOC(=O)c1cccc(-c2ccc(/C=N\NC(=O)CNC(=O)CCCOc3ccc(Cl)cc3Cl)o2)c1. The number of halogens is 2. The quantitative estimate of drug-likeness (QED) is 0.145. The Morgan fingerprint density at radius 3 is 2.68 bits per heavy atom. The van der Waals surface area contributed by atoms with Gasteiger partial charge in [-0.2, -0.15) is 5.10 Å². The first-order chi connectivity index (χ1) is 17.9. The zero-order valence-corrected chi connectivity index (χ0v) is 21.5. The summed E-state index contributed by atoms with van der Waals surface area (Å²) in [7, 11) is 0. The number of hydrazone groups is 1. The molecule has 0 unspecified atom stereocenters. The van der Waals surface area contributed by atoms with Crippen LogP contribution in [0.3, 0.4) is 0 Å². The molecular weight excluding hydrogens is 521 g/mol. The second kappa shape index (κ2) is 14.1. The van der Waals surface area contributed by atoms with E-state index in [1.54, 1.807) is 61.5 Å². The summed E-state index contributed by atoms with van der Waals surface area (Å²) in [4.78, 5) is 35.8. The Morgan fingerprint density at radius 1 is 1.05 bits per heavy atom. The average Bonchev–Trinajstić information content (AvgIpc) is 3.35. The molecule has 0 bridgehead atoms. The molecule has 0 radical (unpaired) electrons. The Labute approximate surface area is 223 Å². The molecule has 0 aliphatic rings. The smallest absolute Gasteiger partial charge is 0.338 e. The summed E-state index contributed by atoms with van der Waals surface area (Å²) in [6.45, 7) is 2.08. The lowest BCUT2D eigenvalue weighted by Crippen LogP contribution is -2.34. The highest BCUT2D eigenvalue weighted by atomic mass is 35.5. The van der Waals surface area contributed by atoms with Crippen molar-refractivity contribution in [3.8, 4) is 17.1 Å². The topological polar surface area (TPSA) is 119 Å². The summed E-state index contributed by atoms with van der Waals surface area (Å²) in [6, 6.07) is 15.1. The molecule has 0 aliphatic heterocycles. The fraction of sp³-hybridized carbons (Fsp3) is 0.231. The molecule has 0 fully saturated rings. The molecule has 11 heteroatoms. The van der Waals surface area contributed by atoms with Gasteiger partial charge in [0, 0.05) is 17.0 Å². The van der Waals surface area contributed by atoms with Gasteiger partial charge in [0.25, 0.3) is 5.91 Å². The molecule has 0 spiro atoms. The Balaban J connectivity index is 1.37. The van der Waals surface area contributed by atoms with Crippen molar-refractivity contribution in [2.24, 2.45) is 5.10 Å². The first-order valence-electron chi connectivity index (χ1n) is 11.4. The number of esters is 1. The molecule has 2 aromatic carbocycles. The fourth-order valence-corrected chi connectivity index (χ4v) is 3.54. The lowest BCUT2D eigenvalue weighted by molar-refractivity contribution is -0.126. The van der Waals surface area contributed by atoms with Crippen LogP contribution in [-0.2, 0) is 14.3 Å². The summed E-state index contributed by atoms with van der Waals surface area (Å²) >= 11 is 11.9. The van der Waals surface area contributed by atoms with Crippen LogP contribution in [0.5, 0.6) is 5.75 Å². The van der Waals surface area contributed by atoms with Crippen molar-refractivity contribution >= 4 is 47.2 Å². The van der Waals surface area contributed by atoms with Crippen LogP contribution in [0.15, 0.2) is 64.1 Å².